The van der Waals surface area contributed by atoms with Crippen LogP contribution in [0.3, 0.4) is 0 Å². The number of aryl methyl sites for hydroxylation is 2. The summed E-state index contributed by atoms with van der Waals surface area (Å²) >= 11 is 0. The molecule has 1 rings (SSSR count). The second kappa shape index (κ2) is 5.04. The summed E-state index contributed by atoms with van der Waals surface area (Å²) in [4.78, 5) is 0. The molecule has 0 aliphatic heterocycles. The van der Waals surface area contributed by atoms with E-state index in [4.69, 9.17) is 0 Å². The Balaban J connectivity index is 0. The van der Waals surface area contributed by atoms with Gasteiger partial charge in [-0.15, -0.1) is 0 Å². The second-order valence-corrected chi connectivity index (χ2v) is 2.08. The van der Waals surface area contributed by atoms with Crippen molar-refractivity contribution in [3.05, 3.63) is 35.4 Å². The molecule has 0 aliphatic rings. The monoisotopic (exact) mass is 138 g/mol. The highest BCUT2D eigenvalue weighted by atomic mass is 13.9. The van der Waals surface area contributed by atoms with Crippen LogP contribution < -0.4 is 0 Å². The first-order chi connectivity index (χ1) is 4.80. The summed E-state index contributed by atoms with van der Waals surface area (Å²) in [6.07, 6.45) is 0. The molecule has 1 aromatic carbocycles. The third-order valence-electron chi connectivity index (χ3n) is 1.43. The molecule has 0 fully saturated rings. The Morgan fingerprint density at radius 3 is 1.40 bits per heavy atom. The fraction of sp³-hybridized carbons (Fsp3) is 0.400. The first-order valence-electron chi connectivity index (χ1n) is 3.83. The Labute approximate surface area is 65.4 Å². The highest BCUT2D eigenvalue weighted by molar-refractivity contribution is 5.23. The lowest BCUT2D eigenvalue weighted by Gasteiger charge is -1.93. The van der Waals surface area contributed by atoms with Gasteiger partial charge in [0.15, 0.2) is 0 Å². The maximum Gasteiger partial charge on any atom is 0 e. The summed E-state index contributed by atoms with van der Waals surface area (Å²) in [5.74, 6) is 0. The average Bonchev–Trinajstić information content (AvgIpc) is 2.00. The van der Waals surface area contributed by atoms with Crippen molar-refractivity contribution in [2.24, 2.45) is 0 Å². The van der Waals surface area contributed by atoms with Gasteiger partial charge in [-0.1, -0.05) is 38.1 Å². The van der Waals surface area contributed by atoms with Crippen molar-refractivity contribution in [2.45, 2.75) is 27.7 Å². The van der Waals surface area contributed by atoms with E-state index in [2.05, 4.69) is 38.1 Å². The second-order valence-electron chi connectivity index (χ2n) is 2.08. The zero-order valence-corrected chi connectivity index (χ0v) is 7.31. The lowest BCUT2D eigenvalue weighted by molar-refractivity contribution is 1.34. The van der Waals surface area contributed by atoms with E-state index in [1.165, 1.54) is 11.1 Å². The van der Waals surface area contributed by atoms with Gasteiger partial charge in [-0.3, -0.25) is 0 Å². The van der Waals surface area contributed by atoms with Crippen LogP contribution in [-0.4, -0.2) is 0 Å². The first kappa shape index (κ1) is 9.22. The molecular formula is C10H18. The van der Waals surface area contributed by atoms with Gasteiger partial charge in [0.05, 0.1) is 0 Å². The normalized spacial score (nSPS) is 8.00. The maximum atomic E-state index is 2.12. The number of hydrogen-bond acceptors (Lipinski definition) is 0. The van der Waals surface area contributed by atoms with Crippen LogP contribution in [0.4, 0.5) is 0 Å². The molecule has 0 heteroatoms. The van der Waals surface area contributed by atoms with E-state index in [1.54, 1.807) is 0 Å². The van der Waals surface area contributed by atoms with Gasteiger partial charge < -0.3 is 0 Å². The van der Waals surface area contributed by atoms with Crippen LogP contribution in [0.5, 0.6) is 0 Å². The summed E-state index contributed by atoms with van der Waals surface area (Å²) in [6.45, 7) is 8.24. The van der Waals surface area contributed by atoms with Crippen LogP contribution in [0.1, 0.15) is 26.4 Å². The molecule has 0 saturated heterocycles. The molecule has 10 heavy (non-hydrogen) atoms. The zero-order valence-electron chi connectivity index (χ0n) is 7.31. The summed E-state index contributed by atoms with van der Waals surface area (Å²) in [5, 5.41) is 0. The molecule has 0 spiro atoms. The highest BCUT2D eigenvalue weighted by Crippen LogP contribution is 2.02. The van der Waals surface area contributed by atoms with Crippen LogP contribution in [0, 0.1) is 13.8 Å². The Morgan fingerprint density at radius 1 is 0.900 bits per heavy atom. The Bertz CT molecular complexity index is 161. The van der Waals surface area contributed by atoms with Crippen molar-refractivity contribution in [3.63, 3.8) is 0 Å². The van der Waals surface area contributed by atoms with Crippen molar-refractivity contribution >= 4 is 0 Å². The van der Waals surface area contributed by atoms with Crippen molar-refractivity contribution < 1.29 is 1.43 Å². The smallest absolute Gasteiger partial charge is 0 e. The molecule has 58 valence electrons. The summed E-state index contributed by atoms with van der Waals surface area (Å²) < 4.78 is 0. The Kier molecular flexibility index (Phi) is 4.65. The van der Waals surface area contributed by atoms with E-state index in [0.29, 0.717) is 0 Å². The molecule has 0 N–H and O–H groups in total. The van der Waals surface area contributed by atoms with Gasteiger partial charge in [0, 0.05) is 1.43 Å². The molecule has 0 saturated carbocycles. The predicted octanol–water partition coefficient (Wildman–Crippen LogP) is 3.58. The third-order valence-corrected chi connectivity index (χ3v) is 1.43. The fourth-order valence-corrected chi connectivity index (χ4v) is 0.663. The van der Waals surface area contributed by atoms with Crippen LogP contribution in [0.15, 0.2) is 24.3 Å². The van der Waals surface area contributed by atoms with E-state index in [9.17, 15) is 0 Å². The molecule has 0 amide bonds. The molecule has 0 bridgehead atoms. The Hall–Kier alpha value is -0.780. The van der Waals surface area contributed by atoms with Gasteiger partial charge in [0.2, 0.25) is 0 Å². The molecule has 0 heterocycles. The van der Waals surface area contributed by atoms with Gasteiger partial charge in [-0.2, -0.15) is 0 Å². The van der Waals surface area contributed by atoms with Gasteiger partial charge in [0.1, 0.15) is 0 Å². The number of rotatable bonds is 0. The summed E-state index contributed by atoms with van der Waals surface area (Å²) in [7, 11) is 0. The number of benzene rings is 1. The summed E-state index contributed by atoms with van der Waals surface area (Å²) in [5.41, 5.74) is 2.74. The topological polar surface area (TPSA) is 0 Å². The van der Waals surface area contributed by atoms with Gasteiger partial charge in [-0.05, 0) is 25.0 Å². The molecule has 0 aliphatic carbocycles. The molecule has 0 radical (unpaired) electrons. The number of hydrogen-bond donors (Lipinski definition) is 0. The predicted molar refractivity (Wildman–Crippen MR) is 49.4 cm³/mol. The molecule has 0 atom stereocenters. The van der Waals surface area contributed by atoms with E-state index < -0.39 is 0 Å². The molecule has 0 nitrogen and oxygen atoms in total. The standard InChI is InChI=1S/C8H10.C2H6.H2/c1-7-5-3-4-6-8(7)2;1-2;/h3-6H,1-2H3;1-2H3;1H. The minimum atomic E-state index is 0. The molecule has 1 aromatic rings. The summed E-state index contributed by atoms with van der Waals surface area (Å²) in [6, 6.07) is 8.36. The van der Waals surface area contributed by atoms with Gasteiger partial charge in [0.25, 0.3) is 0 Å². The van der Waals surface area contributed by atoms with E-state index in [0.717, 1.165) is 0 Å². The van der Waals surface area contributed by atoms with Crippen molar-refractivity contribution in [1.82, 2.24) is 0 Å². The fourth-order valence-electron chi connectivity index (χ4n) is 0.663. The minimum absolute atomic E-state index is 0. The first-order valence-corrected chi connectivity index (χ1v) is 3.83. The minimum Gasteiger partial charge on any atom is -0.0683 e. The maximum absolute atomic E-state index is 2.12. The lowest BCUT2D eigenvalue weighted by atomic mass is 10.1. The van der Waals surface area contributed by atoms with Crippen molar-refractivity contribution in [1.29, 1.82) is 0 Å². The largest absolute Gasteiger partial charge is 0.0683 e. The average molecular weight is 138 g/mol. The van der Waals surface area contributed by atoms with Crippen LogP contribution in [0.2, 0.25) is 0 Å². The van der Waals surface area contributed by atoms with Crippen molar-refractivity contribution in [2.75, 3.05) is 0 Å². The zero-order chi connectivity index (χ0) is 7.98. The van der Waals surface area contributed by atoms with Gasteiger partial charge in [-0.25, -0.2) is 0 Å². The van der Waals surface area contributed by atoms with E-state index in [1.807, 2.05) is 13.8 Å². The van der Waals surface area contributed by atoms with Crippen LogP contribution in [0.25, 0.3) is 0 Å². The molecule has 0 aromatic heterocycles. The third kappa shape index (κ3) is 2.67. The van der Waals surface area contributed by atoms with E-state index in [-0.39, 0.29) is 1.43 Å². The quantitative estimate of drug-likeness (QED) is 0.514. The highest BCUT2D eigenvalue weighted by Gasteiger charge is 1.83. The van der Waals surface area contributed by atoms with Gasteiger partial charge >= 0.3 is 0 Å². The van der Waals surface area contributed by atoms with Crippen LogP contribution >= 0.6 is 0 Å². The SMILES string of the molecule is CC.Cc1ccccc1C.[HH]. The van der Waals surface area contributed by atoms with Crippen LogP contribution in [-0.2, 0) is 0 Å². The molecular weight excluding hydrogens is 120 g/mol. The van der Waals surface area contributed by atoms with Crippen molar-refractivity contribution in [3.8, 4) is 0 Å². The molecule has 0 unspecified atom stereocenters. The lowest BCUT2D eigenvalue weighted by Crippen LogP contribution is -1.74. The Morgan fingerprint density at radius 2 is 1.20 bits per heavy atom. The van der Waals surface area contributed by atoms with E-state index >= 15 is 0 Å².